The maximum atomic E-state index is 13.4. The van der Waals surface area contributed by atoms with Gasteiger partial charge in [0.15, 0.2) is 0 Å². The Hall–Kier alpha value is -0.450. The van der Waals surface area contributed by atoms with Crippen molar-refractivity contribution in [2.75, 3.05) is 6.54 Å². The first-order valence-electron chi connectivity index (χ1n) is 5.03. The number of benzene rings is 1. The molecule has 1 atom stereocenters. The fourth-order valence-electron chi connectivity index (χ4n) is 1.45. The minimum absolute atomic E-state index is 0.345. The number of hydrogen-bond acceptors (Lipinski definition) is 2. The van der Waals surface area contributed by atoms with Crippen LogP contribution < -0.4 is 5.32 Å². The second-order valence-electron chi connectivity index (χ2n) is 3.86. The fourth-order valence-corrected chi connectivity index (χ4v) is 1.82. The average molecular weight is 274 g/mol. The van der Waals surface area contributed by atoms with E-state index in [0.29, 0.717) is 18.2 Å². The van der Waals surface area contributed by atoms with Crippen LogP contribution in [0.2, 0.25) is 0 Å². The maximum Gasteiger partial charge on any atom is 0.129 e. The summed E-state index contributed by atoms with van der Waals surface area (Å²) < 4.78 is 14.1. The van der Waals surface area contributed by atoms with Crippen molar-refractivity contribution in [1.29, 1.82) is 0 Å². The van der Waals surface area contributed by atoms with Crippen LogP contribution >= 0.6 is 15.9 Å². The molecule has 2 N–H and O–H groups in total. The summed E-state index contributed by atoms with van der Waals surface area (Å²) in [6, 6.07) is 5.13. The lowest BCUT2D eigenvalue weighted by molar-refractivity contribution is 0.169. The van der Waals surface area contributed by atoms with Crippen molar-refractivity contribution >= 4 is 15.9 Å². The summed E-state index contributed by atoms with van der Waals surface area (Å²) in [5.74, 6) is -0.358. The molecule has 0 bridgehead atoms. The lowest BCUT2D eigenvalue weighted by atomic mass is 10.1. The molecular weight excluding hydrogens is 261 g/mol. The first-order chi connectivity index (χ1) is 7.16. The lowest BCUT2D eigenvalue weighted by Crippen LogP contribution is -2.23. The van der Waals surface area contributed by atoms with Gasteiger partial charge in [-0.15, -0.1) is 0 Å². The van der Waals surface area contributed by atoms with Gasteiger partial charge in [0.25, 0.3) is 0 Å². The van der Waals surface area contributed by atoms with Crippen molar-refractivity contribution < 1.29 is 9.50 Å². The fraction of sp³-hybridized carbons (Fsp3) is 0.455. The molecule has 0 radical (unpaired) electrons. The number of hydrogen-bond donors (Lipinski definition) is 2. The highest BCUT2D eigenvalue weighted by molar-refractivity contribution is 9.10. The third-order valence-corrected chi connectivity index (χ3v) is 2.99. The van der Waals surface area contributed by atoms with E-state index in [2.05, 4.69) is 21.2 Å². The summed E-state index contributed by atoms with van der Waals surface area (Å²) >= 11 is 3.26. The minimum Gasteiger partial charge on any atom is -0.387 e. The van der Waals surface area contributed by atoms with Gasteiger partial charge in [-0.3, -0.25) is 0 Å². The maximum absolute atomic E-state index is 13.4. The van der Waals surface area contributed by atoms with Crippen molar-refractivity contribution in [2.45, 2.75) is 25.0 Å². The van der Waals surface area contributed by atoms with Crippen LogP contribution in [0, 0.1) is 5.82 Å². The molecule has 0 amide bonds. The SMILES string of the molecule is OC(CNC1CC1)c1cc(Br)ccc1F. The van der Waals surface area contributed by atoms with Crippen molar-refractivity contribution in [3.8, 4) is 0 Å². The van der Waals surface area contributed by atoms with Crippen molar-refractivity contribution in [3.05, 3.63) is 34.1 Å². The molecule has 1 aromatic carbocycles. The predicted molar refractivity (Wildman–Crippen MR) is 60.1 cm³/mol. The third kappa shape index (κ3) is 3.00. The molecule has 82 valence electrons. The molecule has 2 nitrogen and oxygen atoms in total. The first-order valence-corrected chi connectivity index (χ1v) is 5.82. The number of halogens is 2. The summed E-state index contributed by atoms with van der Waals surface area (Å²) in [6.45, 7) is 0.415. The molecule has 1 aliphatic rings. The highest BCUT2D eigenvalue weighted by Gasteiger charge is 2.22. The van der Waals surface area contributed by atoms with Crippen LogP contribution in [0.15, 0.2) is 22.7 Å². The topological polar surface area (TPSA) is 32.3 Å². The van der Waals surface area contributed by atoms with E-state index in [1.54, 1.807) is 12.1 Å². The average Bonchev–Trinajstić information content (AvgIpc) is 3.02. The molecule has 1 unspecified atom stereocenters. The van der Waals surface area contributed by atoms with E-state index in [-0.39, 0.29) is 5.82 Å². The largest absolute Gasteiger partial charge is 0.387 e. The van der Waals surface area contributed by atoms with Gasteiger partial charge in [-0.05, 0) is 31.0 Å². The summed E-state index contributed by atoms with van der Waals surface area (Å²) in [5, 5.41) is 12.9. The van der Waals surface area contributed by atoms with Gasteiger partial charge in [-0.25, -0.2) is 4.39 Å². The van der Waals surface area contributed by atoms with E-state index in [9.17, 15) is 9.50 Å². The molecule has 0 saturated heterocycles. The van der Waals surface area contributed by atoms with Crippen LogP contribution in [0.25, 0.3) is 0 Å². The summed E-state index contributed by atoms with van der Waals surface area (Å²) in [7, 11) is 0. The van der Waals surface area contributed by atoms with Crippen LogP contribution in [-0.4, -0.2) is 17.7 Å². The second kappa shape index (κ2) is 4.60. The Morgan fingerprint density at radius 2 is 2.27 bits per heavy atom. The zero-order valence-corrected chi connectivity index (χ0v) is 9.80. The Bertz CT molecular complexity index is 354. The molecule has 1 aliphatic carbocycles. The Labute approximate surface area is 96.6 Å². The Morgan fingerprint density at radius 1 is 1.53 bits per heavy atom. The molecule has 0 aromatic heterocycles. The number of aliphatic hydroxyl groups excluding tert-OH is 1. The van der Waals surface area contributed by atoms with Crippen LogP contribution in [-0.2, 0) is 0 Å². The number of rotatable bonds is 4. The molecule has 1 saturated carbocycles. The van der Waals surface area contributed by atoms with Crippen LogP contribution in [0.5, 0.6) is 0 Å². The molecule has 2 rings (SSSR count). The molecule has 0 heterocycles. The van der Waals surface area contributed by atoms with E-state index in [0.717, 1.165) is 17.3 Å². The van der Waals surface area contributed by atoms with Gasteiger partial charge in [0.2, 0.25) is 0 Å². The van der Waals surface area contributed by atoms with Crippen LogP contribution in [0.3, 0.4) is 0 Å². The van der Waals surface area contributed by atoms with E-state index < -0.39 is 6.10 Å². The second-order valence-corrected chi connectivity index (χ2v) is 4.78. The Morgan fingerprint density at radius 3 is 2.93 bits per heavy atom. The van der Waals surface area contributed by atoms with Crippen LogP contribution in [0.1, 0.15) is 24.5 Å². The summed E-state index contributed by atoms with van der Waals surface area (Å²) in [5.41, 5.74) is 0.345. The zero-order chi connectivity index (χ0) is 10.8. The van der Waals surface area contributed by atoms with E-state index >= 15 is 0 Å². The molecule has 0 spiro atoms. The molecule has 4 heteroatoms. The zero-order valence-electron chi connectivity index (χ0n) is 8.21. The highest BCUT2D eigenvalue weighted by atomic mass is 79.9. The Balaban J connectivity index is 2.02. The smallest absolute Gasteiger partial charge is 0.129 e. The van der Waals surface area contributed by atoms with Crippen molar-refractivity contribution in [2.24, 2.45) is 0 Å². The lowest BCUT2D eigenvalue weighted by Gasteiger charge is -2.12. The van der Waals surface area contributed by atoms with Crippen molar-refractivity contribution in [3.63, 3.8) is 0 Å². The molecule has 1 fully saturated rings. The van der Waals surface area contributed by atoms with E-state index in [1.807, 2.05) is 0 Å². The Kier molecular flexibility index (Phi) is 3.38. The van der Waals surface area contributed by atoms with Gasteiger partial charge in [0, 0.05) is 22.6 Å². The molecule has 0 aliphatic heterocycles. The highest BCUT2D eigenvalue weighted by Crippen LogP contribution is 2.23. The van der Waals surface area contributed by atoms with Gasteiger partial charge in [-0.1, -0.05) is 15.9 Å². The first kappa shape index (κ1) is 11.0. The van der Waals surface area contributed by atoms with E-state index in [4.69, 9.17) is 0 Å². The van der Waals surface area contributed by atoms with Crippen LogP contribution in [0.4, 0.5) is 4.39 Å². The van der Waals surface area contributed by atoms with E-state index in [1.165, 1.54) is 6.07 Å². The van der Waals surface area contributed by atoms with Gasteiger partial charge in [-0.2, -0.15) is 0 Å². The standard InChI is InChI=1S/C11H13BrFNO/c12-7-1-4-10(13)9(5-7)11(15)6-14-8-2-3-8/h1,4-5,8,11,14-15H,2-3,6H2. The van der Waals surface area contributed by atoms with Crippen molar-refractivity contribution in [1.82, 2.24) is 5.32 Å². The van der Waals surface area contributed by atoms with Gasteiger partial charge >= 0.3 is 0 Å². The minimum atomic E-state index is -0.775. The van der Waals surface area contributed by atoms with Gasteiger partial charge in [0.1, 0.15) is 5.82 Å². The number of nitrogens with one attached hydrogen (secondary N) is 1. The molecular formula is C11H13BrFNO. The summed E-state index contributed by atoms with van der Waals surface area (Å²) in [4.78, 5) is 0. The third-order valence-electron chi connectivity index (χ3n) is 2.49. The normalized spacial score (nSPS) is 17.8. The predicted octanol–water partition coefficient (Wildman–Crippen LogP) is 2.37. The monoisotopic (exact) mass is 273 g/mol. The summed E-state index contributed by atoms with van der Waals surface area (Å²) in [6.07, 6.45) is 1.55. The number of aliphatic hydroxyl groups is 1. The molecule has 15 heavy (non-hydrogen) atoms. The van der Waals surface area contributed by atoms with Gasteiger partial charge < -0.3 is 10.4 Å². The quantitative estimate of drug-likeness (QED) is 0.883. The van der Waals surface area contributed by atoms with Gasteiger partial charge in [0.05, 0.1) is 6.10 Å². The molecule has 1 aromatic rings.